The number of nitrogens with one attached hydrogen (secondary N) is 2. The lowest BCUT2D eigenvalue weighted by atomic mass is 10.1. The number of rotatable bonds is 4. The molecule has 0 saturated heterocycles. The molecule has 1 atom stereocenters. The number of hydrogen-bond donors (Lipinski definition) is 3. The topological polar surface area (TPSA) is 75.9 Å². The summed E-state index contributed by atoms with van der Waals surface area (Å²) in [5.41, 5.74) is 4.61. The SMILES string of the molecule is Cc1cnc(NN)nc1NC(C)c1ccc(Br)cc1. The third-order valence-electron chi connectivity index (χ3n) is 2.82. The zero-order valence-electron chi connectivity index (χ0n) is 10.8. The fourth-order valence-corrected chi connectivity index (χ4v) is 1.96. The Bertz CT molecular complexity index is 555. The highest BCUT2D eigenvalue weighted by molar-refractivity contribution is 9.10. The molecule has 19 heavy (non-hydrogen) atoms. The van der Waals surface area contributed by atoms with E-state index in [2.05, 4.69) is 55.7 Å². The van der Waals surface area contributed by atoms with Crippen molar-refractivity contribution in [3.8, 4) is 0 Å². The Hall–Kier alpha value is -1.66. The highest BCUT2D eigenvalue weighted by Crippen LogP contribution is 2.22. The van der Waals surface area contributed by atoms with Crippen molar-refractivity contribution in [1.29, 1.82) is 0 Å². The Morgan fingerprint density at radius 1 is 1.26 bits per heavy atom. The molecule has 0 fully saturated rings. The molecule has 5 nitrogen and oxygen atoms in total. The molecule has 1 heterocycles. The molecule has 0 saturated carbocycles. The van der Waals surface area contributed by atoms with E-state index >= 15 is 0 Å². The van der Waals surface area contributed by atoms with Gasteiger partial charge in [0.15, 0.2) is 0 Å². The summed E-state index contributed by atoms with van der Waals surface area (Å²) in [7, 11) is 0. The van der Waals surface area contributed by atoms with Crippen molar-refractivity contribution in [2.45, 2.75) is 19.9 Å². The zero-order chi connectivity index (χ0) is 13.8. The van der Waals surface area contributed by atoms with E-state index < -0.39 is 0 Å². The lowest BCUT2D eigenvalue weighted by molar-refractivity contribution is 0.867. The summed E-state index contributed by atoms with van der Waals surface area (Å²) >= 11 is 3.43. The summed E-state index contributed by atoms with van der Waals surface area (Å²) in [5.74, 6) is 6.49. The van der Waals surface area contributed by atoms with E-state index in [0.717, 1.165) is 15.9 Å². The second-order valence-electron chi connectivity index (χ2n) is 4.29. The molecule has 0 bridgehead atoms. The molecule has 100 valence electrons. The molecule has 0 amide bonds. The van der Waals surface area contributed by atoms with Crippen LogP contribution in [0.15, 0.2) is 34.9 Å². The summed E-state index contributed by atoms with van der Waals surface area (Å²) in [5, 5.41) is 3.36. The Balaban J connectivity index is 2.18. The van der Waals surface area contributed by atoms with E-state index in [4.69, 9.17) is 5.84 Å². The third-order valence-corrected chi connectivity index (χ3v) is 3.35. The number of benzene rings is 1. The number of halogens is 1. The Morgan fingerprint density at radius 2 is 1.95 bits per heavy atom. The quantitative estimate of drug-likeness (QED) is 0.596. The molecule has 2 aromatic rings. The molecule has 1 aromatic heterocycles. The minimum absolute atomic E-state index is 0.146. The van der Waals surface area contributed by atoms with Gasteiger partial charge in [-0.05, 0) is 31.5 Å². The van der Waals surface area contributed by atoms with Gasteiger partial charge in [-0.1, -0.05) is 28.1 Å². The van der Waals surface area contributed by atoms with Crippen molar-refractivity contribution in [3.05, 3.63) is 46.1 Å². The van der Waals surface area contributed by atoms with Gasteiger partial charge in [-0.15, -0.1) is 0 Å². The van der Waals surface area contributed by atoms with E-state index in [1.807, 2.05) is 19.1 Å². The lowest BCUT2D eigenvalue weighted by Crippen LogP contribution is -2.14. The van der Waals surface area contributed by atoms with Gasteiger partial charge < -0.3 is 5.32 Å². The average molecular weight is 322 g/mol. The van der Waals surface area contributed by atoms with Crippen molar-refractivity contribution in [2.75, 3.05) is 10.7 Å². The van der Waals surface area contributed by atoms with Gasteiger partial charge in [-0.2, -0.15) is 4.98 Å². The van der Waals surface area contributed by atoms with Gasteiger partial charge in [0, 0.05) is 22.3 Å². The number of nitrogens with two attached hydrogens (primary N) is 1. The second kappa shape index (κ2) is 5.99. The number of aromatic nitrogens is 2. The van der Waals surface area contributed by atoms with Gasteiger partial charge in [0.05, 0.1) is 0 Å². The van der Waals surface area contributed by atoms with Crippen LogP contribution in [0, 0.1) is 6.92 Å². The van der Waals surface area contributed by atoms with E-state index in [1.165, 1.54) is 5.56 Å². The maximum Gasteiger partial charge on any atom is 0.239 e. The van der Waals surface area contributed by atoms with Gasteiger partial charge in [-0.25, -0.2) is 10.8 Å². The predicted molar refractivity (Wildman–Crippen MR) is 80.8 cm³/mol. The van der Waals surface area contributed by atoms with Crippen LogP contribution in [0.1, 0.15) is 24.1 Å². The minimum atomic E-state index is 0.146. The number of nitrogens with zero attached hydrogens (tertiary/aromatic N) is 2. The van der Waals surface area contributed by atoms with Crippen molar-refractivity contribution >= 4 is 27.7 Å². The maximum atomic E-state index is 5.32. The number of nitrogen functional groups attached to an aromatic ring is 1. The van der Waals surface area contributed by atoms with E-state index in [0.29, 0.717) is 5.95 Å². The molecule has 0 radical (unpaired) electrons. The Labute approximate surface area is 120 Å². The summed E-state index contributed by atoms with van der Waals surface area (Å²) in [6, 6.07) is 8.33. The van der Waals surface area contributed by atoms with Crippen LogP contribution in [-0.2, 0) is 0 Å². The normalized spacial score (nSPS) is 12.0. The first-order valence-corrected chi connectivity index (χ1v) is 6.71. The highest BCUT2D eigenvalue weighted by Gasteiger charge is 2.09. The molecule has 0 aliphatic rings. The molecular formula is C13H16BrN5. The van der Waals surface area contributed by atoms with Crippen LogP contribution in [0.25, 0.3) is 0 Å². The summed E-state index contributed by atoms with van der Waals surface area (Å²) in [6.45, 7) is 4.04. The molecular weight excluding hydrogens is 306 g/mol. The van der Waals surface area contributed by atoms with Crippen LogP contribution >= 0.6 is 15.9 Å². The molecule has 1 unspecified atom stereocenters. The fourth-order valence-electron chi connectivity index (χ4n) is 1.70. The summed E-state index contributed by atoms with van der Waals surface area (Å²) in [4.78, 5) is 8.36. The summed E-state index contributed by atoms with van der Waals surface area (Å²) < 4.78 is 1.07. The molecule has 0 aliphatic heterocycles. The monoisotopic (exact) mass is 321 g/mol. The van der Waals surface area contributed by atoms with Crippen LogP contribution in [0.5, 0.6) is 0 Å². The van der Waals surface area contributed by atoms with Crippen LogP contribution in [0.4, 0.5) is 11.8 Å². The number of hydrogen-bond acceptors (Lipinski definition) is 5. The van der Waals surface area contributed by atoms with Crippen LogP contribution in [0.3, 0.4) is 0 Å². The Morgan fingerprint density at radius 3 is 2.58 bits per heavy atom. The first-order chi connectivity index (χ1) is 9.10. The smallest absolute Gasteiger partial charge is 0.239 e. The predicted octanol–water partition coefficient (Wildman–Crippen LogP) is 3.01. The maximum absolute atomic E-state index is 5.32. The van der Waals surface area contributed by atoms with E-state index in [9.17, 15) is 0 Å². The summed E-state index contributed by atoms with van der Waals surface area (Å²) in [6.07, 6.45) is 1.73. The van der Waals surface area contributed by atoms with Gasteiger partial charge in [0.1, 0.15) is 5.82 Å². The van der Waals surface area contributed by atoms with Gasteiger partial charge >= 0.3 is 0 Å². The van der Waals surface area contributed by atoms with Gasteiger partial charge in [0.25, 0.3) is 0 Å². The molecule has 0 spiro atoms. The van der Waals surface area contributed by atoms with Crippen LogP contribution in [0.2, 0.25) is 0 Å². The van der Waals surface area contributed by atoms with Crippen molar-refractivity contribution in [2.24, 2.45) is 5.84 Å². The molecule has 1 aromatic carbocycles. The molecule has 2 rings (SSSR count). The fraction of sp³-hybridized carbons (Fsp3) is 0.231. The van der Waals surface area contributed by atoms with E-state index in [1.54, 1.807) is 6.20 Å². The highest BCUT2D eigenvalue weighted by atomic mass is 79.9. The number of aryl methyl sites for hydroxylation is 1. The first kappa shape index (κ1) is 13.8. The molecule has 0 aliphatic carbocycles. The first-order valence-electron chi connectivity index (χ1n) is 5.92. The lowest BCUT2D eigenvalue weighted by Gasteiger charge is -2.17. The third kappa shape index (κ3) is 3.42. The van der Waals surface area contributed by atoms with Crippen LogP contribution in [-0.4, -0.2) is 9.97 Å². The van der Waals surface area contributed by atoms with Gasteiger partial charge in [-0.3, -0.25) is 5.43 Å². The molecule has 4 N–H and O–H groups in total. The number of anilines is 2. The second-order valence-corrected chi connectivity index (χ2v) is 5.20. The van der Waals surface area contributed by atoms with Gasteiger partial charge in [0.2, 0.25) is 5.95 Å². The largest absolute Gasteiger partial charge is 0.363 e. The van der Waals surface area contributed by atoms with Crippen molar-refractivity contribution in [3.63, 3.8) is 0 Å². The van der Waals surface area contributed by atoms with Crippen molar-refractivity contribution < 1.29 is 0 Å². The zero-order valence-corrected chi connectivity index (χ0v) is 12.4. The average Bonchev–Trinajstić information content (AvgIpc) is 2.42. The Kier molecular flexibility index (Phi) is 4.34. The minimum Gasteiger partial charge on any atom is -0.363 e. The van der Waals surface area contributed by atoms with E-state index in [-0.39, 0.29) is 6.04 Å². The number of hydrazine groups is 1. The van der Waals surface area contributed by atoms with Crippen molar-refractivity contribution in [1.82, 2.24) is 9.97 Å². The molecule has 6 heteroatoms. The van der Waals surface area contributed by atoms with Crippen LogP contribution < -0.4 is 16.6 Å². The standard InChI is InChI=1S/C13H16BrN5/c1-8-7-16-13(19-15)18-12(8)17-9(2)10-3-5-11(14)6-4-10/h3-7,9H,15H2,1-2H3,(H2,16,17,18,19).